The number of rotatable bonds is 4. The molecule has 0 saturated heterocycles. The van der Waals surface area contributed by atoms with E-state index >= 15 is 0 Å². The van der Waals surface area contributed by atoms with Crippen LogP contribution in [0.1, 0.15) is 24.1 Å². The highest BCUT2D eigenvalue weighted by Gasteiger charge is 2.32. The Bertz CT molecular complexity index is 581. The first-order chi connectivity index (χ1) is 10.1. The van der Waals surface area contributed by atoms with Gasteiger partial charge in [-0.2, -0.15) is 0 Å². The van der Waals surface area contributed by atoms with Crippen molar-refractivity contribution in [3.63, 3.8) is 0 Å². The van der Waals surface area contributed by atoms with E-state index in [2.05, 4.69) is 17.6 Å². The van der Waals surface area contributed by atoms with Crippen LogP contribution in [0, 0.1) is 0 Å². The molecule has 0 aliphatic carbocycles. The number of carbonyl (C=O) groups is 2. The zero-order valence-electron chi connectivity index (χ0n) is 11.9. The molecule has 1 aliphatic heterocycles. The molecule has 0 radical (unpaired) electrons. The average Bonchev–Trinajstić information content (AvgIpc) is 2.53. The highest BCUT2D eigenvalue weighted by atomic mass is 35.5. The first-order valence-electron chi connectivity index (χ1n) is 6.64. The molecule has 1 aromatic rings. The van der Waals surface area contributed by atoms with Crippen LogP contribution >= 0.6 is 11.6 Å². The van der Waals surface area contributed by atoms with Crippen LogP contribution in [0.4, 0.5) is 4.79 Å². The van der Waals surface area contributed by atoms with Gasteiger partial charge in [0.05, 0.1) is 24.6 Å². The molecule has 2 rings (SSSR count). The van der Waals surface area contributed by atoms with Crippen LogP contribution in [0.3, 0.4) is 0 Å². The van der Waals surface area contributed by atoms with Gasteiger partial charge in [0, 0.05) is 5.70 Å². The fraction of sp³-hybridized carbons (Fsp3) is 0.333. The van der Waals surface area contributed by atoms with E-state index in [1.165, 1.54) is 12.7 Å². The number of amides is 2. The predicted octanol–water partition coefficient (Wildman–Crippen LogP) is 2.27. The first kappa shape index (κ1) is 15.4. The standard InChI is InChI=1S/C15H17ClN2O3/c1-3-9-4-6-10(7-5-9)13-12(14(19)21-2)11(8-16)17-15(20)18-13/h4-7,13H,3,8H2,1-2H3,(H2,17,18,20)/t13-/m0/s1. The quantitative estimate of drug-likeness (QED) is 0.662. The van der Waals surface area contributed by atoms with Gasteiger partial charge in [-0.05, 0) is 17.5 Å². The number of hydrogen-bond donors (Lipinski definition) is 2. The molecule has 1 aromatic carbocycles. The Hall–Kier alpha value is -2.01. The van der Waals surface area contributed by atoms with Gasteiger partial charge in [0.25, 0.3) is 0 Å². The summed E-state index contributed by atoms with van der Waals surface area (Å²) in [5.41, 5.74) is 2.69. The van der Waals surface area contributed by atoms with Crippen LogP contribution in [-0.2, 0) is 16.0 Å². The zero-order chi connectivity index (χ0) is 15.4. The Morgan fingerprint density at radius 1 is 1.33 bits per heavy atom. The molecule has 0 unspecified atom stereocenters. The second-order valence-electron chi connectivity index (χ2n) is 4.64. The molecule has 0 saturated carbocycles. The Morgan fingerprint density at radius 2 is 2.00 bits per heavy atom. The number of alkyl halides is 1. The van der Waals surface area contributed by atoms with Gasteiger partial charge in [0.15, 0.2) is 0 Å². The number of carbonyl (C=O) groups excluding carboxylic acids is 2. The van der Waals surface area contributed by atoms with E-state index in [9.17, 15) is 9.59 Å². The summed E-state index contributed by atoms with van der Waals surface area (Å²) in [6.07, 6.45) is 0.922. The molecule has 1 heterocycles. The number of benzene rings is 1. The third-order valence-electron chi connectivity index (χ3n) is 3.41. The fourth-order valence-electron chi connectivity index (χ4n) is 2.27. The summed E-state index contributed by atoms with van der Waals surface area (Å²) in [5.74, 6) is -0.482. The minimum atomic E-state index is -0.564. The molecule has 0 fully saturated rings. The summed E-state index contributed by atoms with van der Waals surface area (Å²) < 4.78 is 4.81. The number of halogens is 1. The monoisotopic (exact) mass is 308 g/mol. The lowest BCUT2D eigenvalue weighted by molar-refractivity contribution is -0.136. The number of allylic oxidation sites excluding steroid dienone is 1. The summed E-state index contributed by atoms with van der Waals surface area (Å²) in [6.45, 7) is 2.06. The van der Waals surface area contributed by atoms with Crippen LogP contribution < -0.4 is 10.6 Å². The molecule has 112 valence electrons. The summed E-state index contributed by atoms with van der Waals surface area (Å²) in [6, 6.07) is 6.78. The fourth-order valence-corrected chi connectivity index (χ4v) is 2.48. The topological polar surface area (TPSA) is 67.4 Å². The van der Waals surface area contributed by atoms with Crippen molar-refractivity contribution in [1.29, 1.82) is 0 Å². The normalized spacial score (nSPS) is 18.0. The number of esters is 1. The molecule has 0 aromatic heterocycles. The van der Waals surface area contributed by atoms with Crippen LogP contribution in [-0.4, -0.2) is 25.0 Å². The number of aryl methyl sites for hydroxylation is 1. The number of urea groups is 1. The van der Waals surface area contributed by atoms with Crippen molar-refractivity contribution in [2.24, 2.45) is 0 Å². The van der Waals surface area contributed by atoms with Crippen LogP contribution in [0.25, 0.3) is 0 Å². The molecular formula is C15H17ClN2O3. The maximum absolute atomic E-state index is 12.0. The third kappa shape index (κ3) is 3.19. The van der Waals surface area contributed by atoms with Gasteiger partial charge in [-0.1, -0.05) is 31.2 Å². The van der Waals surface area contributed by atoms with E-state index in [1.54, 1.807) is 0 Å². The molecule has 1 aliphatic rings. The first-order valence-corrected chi connectivity index (χ1v) is 7.17. The predicted molar refractivity (Wildman–Crippen MR) is 80.0 cm³/mol. The number of hydrogen-bond acceptors (Lipinski definition) is 3. The third-order valence-corrected chi connectivity index (χ3v) is 3.68. The van der Waals surface area contributed by atoms with Gasteiger partial charge in [0.1, 0.15) is 0 Å². The lowest BCUT2D eigenvalue weighted by Crippen LogP contribution is -2.46. The molecule has 0 bridgehead atoms. The van der Waals surface area contributed by atoms with E-state index in [0.717, 1.165) is 12.0 Å². The lowest BCUT2D eigenvalue weighted by Gasteiger charge is -2.28. The summed E-state index contributed by atoms with van der Waals surface area (Å²) in [4.78, 5) is 23.7. The Morgan fingerprint density at radius 3 is 2.52 bits per heavy atom. The average molecular weight is 309 g/mol. The molecular weight excluding hydrogens is 292 g/mol. The second kappa shape index (κ2) is 6.63. The van der Waals surface area contributed by atoms with Gasteiger partial charge >= 0.3 is 12.0 Å². The largest absolute Gasteiger partial charge is 0.466 e. The Kier molecular flexibility index (Phi) is 4.85. The van der Waals surface area contributed by atoms with Crippen molar-refractivity contribution in [2.45, 2.75) is 19.4 Å². The SMILES string of the molecule is CCc1ccc([C@@H]2NC(=O)NC(CCl)=C2C(=O)OC)cc1. The van der Waals surface area contributed by atoms with Gasteiger partial charge < -0.3 is 15.4 Å². The van der Waals surface area contributed by atoms with Crippen LogP contribution in [0.5, 0.6) is 0 Å². The van der Waals surface area contributed by atoms with Gasteiger partial charge in [0.2, 0.25) is 0 Å². The molecule has 5 nitrogen and oxygen atoms in total. The highest BCUT2D eigenvalue weighted by Crippen LogP contribution is 2.28. The maximum Gasteiger partial charge on any atom is 0.338 e. The number of methoxy groups -OCH3 is 1. The molecule has 2 N–H and O–H groups in total. The molecule has 2 amide bonds. The van der Waals surface area contributed by atoms with E-state index in [-0.39, 0.29) is 11.9 Å². The smallest absolute Gasteiger partial charge is 0.338 e. The summed E-state index contributed by atoms with van der Waals surface area (Å²) in [7, 11) is 1.30. The Labute approximate surface area is 128 Å². The van der Waals surface area contributed by atoms with Crippen molar-refractivity contribution in [3.8, 4) is 0 Å². The summed E-state index contributed by atoms with van der Waals surface area (Å²) >= 11 is 5.83. The summed E-state index contributed by atoms with van der Waals surface area (Å²) in [5, 5.41) is 5.28. The van der Waals surface area contributed by atoms with Crippen molar-refractivity contribution in [2.75, 3.05) is 13.0 Å². The van der Waals surface area contributed by atoms with Crippen molar-refractivity contribution in [1.82, 2.24) is 10.6 Å². The lowest BCUT2D eigenvalue weighted by atomic mass is 9.94. The highest BCUT2D eigenvalue weighted by molar-refractivity contribution is 6.20. The van der Waals surface area contributed by atoms with Crippen LogP contribution in [0.15, 0.2) is 35.5 Å². The Balaban J connectivity index is 2.46. The van der Waals surface area contributed by atoms with Gasteiger partial charge in [-0.3, -0.25) is 0 Å². The van der Waals surface area contributed by atoms with E-state index < -0.39 is 12.0 Å². The van der Waals surface area contributed by atoms with E-state index in [4.69, 9.17) is 16.3 Å². The minimum Gasteiger partial charge on any atom is -0.466 e. The number of nitrogens with one attached hydrogen (secondary N) is 2. The van der Waals surface area contributed by atoms with Crippen molar-refractivity contribution in [3.05, 3.63) is 46.7 Å². The number of ether oxygens (including phenoxy) is 1. The van der Waals surface area contributed by atoms with E-state index in [1.807, 2.05) is 24.3 Å². The second-order valence-corrected chi connectivity index (χ2v) is 4.91. The zero-order valence-corrected chi connectivity index (χ0v) is 12.7. The molecule has 1 atom stereocenters. The minimum absolute atomic E-state index is 0.0292. The molecule has 21 heavy (non-hydrogen) atoms. The van der Waals surface area contributed by atoms with Crippen molar-refractivity contribution < 1.29 is 14.3 Å². The van der Waals surface area contributed by atoms with Crippen molar-refractivity contribution >= 4 is 23.6 Å². The van der Waals surface area contributed by atoms with Crippen LogP contribution in [0.2, 0.25) is 0 Å². The van der Waals surface area contributed by atoms with E-state index in [0.29, 0.717) is 11.3 Å². The van der Waals surface area contributed by atoms with Gasteiger partial charge in [-0.25, -0.2) is 9.59 Å². The molecule has 0 spiro atoms. The molecule has 6 heteroatoms. The maximum atomic E-state index is 12.0. The van der Waals surface area contributed by atoms with Gasteiger partial charge in [-0.15, -0.1) is 11.6 Å².